The van der Waals surface area contributed by atoms with Crippen LogP contribution in [0.25, 0.3) is 0 Å². The second-order valence-corrected chi connectivity index (χ2v) is 2.85. The Hall–Kier alpha value is -1.38. The van der Waals surface area contributed by atoms with Gasteiger partial charge in [-0.15, -0.1) is 0 Å². The Bertz CT molecular complexity index is 334. The second kappa shape index (κ2) is 4.74. The minimum absolute atomic E-state index is 0.110. The lowest BCUT2D eigenvalue weighted by molar-refractivity contribution is 0.0984. The number of Topliss-reactive ketones (excluding diaryl/α,β-unsaturated/α-hetero) is 1. The molecule has 0 unspecified atom stereocenters. The van der Waals surface area contributed by atoms with E-state index in [4.69, 9.17) is 4.74 Å². The lowest BCUT2D eigenvalue weighted by Gasteiger charge is -2.05. The van der Waals surface area contributed by atoms with E-state index in [2.05, 4.69) is 0 Å². The highest BCUT2D eigenvalue weighted by Crippen LogP contribution is 2.18. The molecule has 0 amide bonds. The molecule has 0 fully saturated rings. The quantitative estimate of drug-likeness (QED) is 0.692. The Morgan fingerprint density at radius 1 is 1.43 bits per heavy atom. The van der Waals surface area contributed by atoms with Crippen LogP contribution in [0.1, 0.15) is 30.6 Å². The normalized spacial score (nSPS) is 9.93. The monoisotopic (exact) mass is 196 g/mol. The summed E-state index contributed by atoms with van der Waals surface area (Å²) >= 11 is 0. The molecule has 1 aromatic carbocycles. The predicted molar refractivity (Wildman–Crippen MR) is 52.2 cm³/mol. The standard InChI is InChI=1S/C11H13FO2/c1-3-11(13)9-7-8(14-4-2)5-6-10(9)12/h5-7H,3-4H2,1-2H3. The van der Waals surface area contributed by atoms with Gasteiger partial charge in [0.1, 0.15) is 11.6 Å². The summed E-state index contributed by atoms with van der Waals surface area (Å²) in [6.07, 6.45) is 0.298. The van der Waals surface area contributed by atoms with Gasteiger partial charge in [-0.3, -0.25) is 4.79 Å². The predicted octanol–water partition coefficient (Wildman–Crippen LogP) is 2.82. The van der Waals surface area contributed by atoms with Crippen LogP contribution >= 0.6 is 0 Å². The SMILES string of the molecule is CCOc1ccc(F)c(C(=O)CC)c1. The van der Waals surface area contributed by atoms with E-state index in [-0.39, 0.29) is 11.3 Å². The third-order valence-electron chi connectivity index (χ3n) is 1.87. The zero-order valence-corrected chi connectivity index (χ0v) is 8.34. The average molecular weight is 196 g/mol. The zero-order chi connectivity index (χ0) is 10.6. The van der Waals surface area contributed by atoms with Crippen LogP contribution in [-0.2, 0) is 0 Å². The number of hydrogen-bond acceptors (Lipinski definition) is 2. The van der Waals surface area contributed by atoms with E-state index in [1.54, 1.807) is 6.92 Å². The topological polar surface area (TPSA) is 26.3 Å². The van der Waals surface area contributed by atoms with E-state index in [1.807, 2.05) is 6.92 Å². The van der Waals surface area contributed by atoms with Gasteiger partial charge < -0.3 is 4.74 Å². The molecular formula is C11H13FO2. The number of hydrogen-bond donors (Lipinski definition) is 0. The van der Waals surface area contributed by atoms with Crippen molar-refractivity contribution in [1.82, 2.24) is 0 Å². The van der Waals surface area contributed by atoms with E-state index in [0.717, 1.165) is 0 Å². The molecule has 3 heteroatoms. The van der Waals surface area contributed by atoms with Crippen LogP contribution in [0.4, 0.5) is 4.39 Å². The van der Waals surface area contributed by atoms with E-state index < -0.39 is 5.82 Å². The average Bonchev–Trinajstić information content (AvgIpc) is 2.20. The van der Waals surface area contributed by atoms with Crippen molar-refractivity contribution in [1.29, 1.82) is 0 Å². The smallest absolute Gasteiger partial charge is 0.165 e. The fourth-order valence-corrected chi connectivity index (χ4v) is 1.16. The molecule has 0 aliphatic rings. The molecule has 14 heavy (non-hydrogen) atoms. The van der Waals surface area contributed by atoms with Crippen LogP contribution < -0.4 is 4.74 Å². The van der Waals surface area contributed by atoms with Gasteiger partial charge in [0.05, 0.1) is 12.2 Å². The van der Waals surface area contributed by atoms with Crippen LogP contribution in [0.3, 0.4) is 0 Å². The van der Waals surface area contributed by atoms with Gasteiger partial charge in [-0.2, -0.15) is 0 Å². The molecule has 1 rings (SSSR count). The Morgan fingerprint density at radius 3 is 2.71 bits per heavy atom. The minimum atomic E-state index is -0.486. The molecule has 0 radical (unpaired) electrons. The number of halogens is 1. The number of ketones is 1. The lowest BCUT2D eigenvalue weighted by atomic mass is 10.1. The van der Waals surface area contributed by atoms with Crippen LogP contribution in [0.5, 0.6) is 5.75 Å². The fourth-order valence-electron chi connectivity index (χ4n) is 1.16. The summed E-state index contributed by atoms with van der Waals surface area (Å²) in [6, 6.07) is 4.23. The molecule has 2 nitrogen and oxygen atoms in total. The van der Waals surface area contributed by atoms with Crippen molar-refractivity contribution >= 4 is 5.78 Å². The first kappa shape index (κ1) is 10.7. The van der Waals surface area contributed by atoms with E-state index in [1.165, 1.54) is 18.2 Å². The molecule has 0 saturated heterocycles. The molecule has 0 spiro atoms. The van der Waals surface area contributed by atoms with Crippen molar-refractivity contribution in [2.45, 2.75) is 20.3 Å². The first-order valence-electron chi connectivity index (χ1n) is 4.64. The van der Waals surface area contributed by atoms with E-state index in [0.29, 0.717) is 18.8 Å². The summed E-state index contributed by atoms with van der Waals surface area (Å²) < 4.78 is 18.3. The van der Waals surface area contributed by atoms with Crippen molar-refractivity contribution in [3.05, 3.63) is 29.6 Å². The molecular weight excluding hydrogens is 183 g/mol. The highest BCUT2D eigenvalue weighted by molar-refractivity contribution is 5.96. The van der Waals surface area contributed by atoms with E-state index in [9.17, 15) is 9.18 Å². The van der Waals surface area contributed by atoms with Gasteiger partial charge in [-0.1, -0.05) is 6.92 Å². The van der Waals surface area contributed by atoms with Crippen molar-refractivity contribution in [2.24, 2.45) is 0 Å². The molecule has 0 aliphatic carbocycles. The highest BCUT2D eigenvalue weighted by Gasteiger charge is 2.10. The van der Waals surface area contributed by atoms with Gasteiger partial charge in [-0.25, -0.2) is 4.39 Å². The van der Waals surface area contributed by atoms with Crippen LogP contribution in [0.2, 0.25) is 0 Å². The van der Waals surface area contributed by atoms with Crippen molar-refractivity contribution in [3.63, 3.8) is 0 Å². The third kappa shape index (κ3) is 2.31. The molecule has 0 bridgehead atoms. The number of ether oxygens (including phenoxy) is 1. The Kier molecular flexibility index (Phi) is 3.63. The Balaban J connectivity index is 3.01. The van der Waals surface area contributed by atoms with Crippen molar-refractivity contribution in [2.75, 3.05) is 6.61 Å². The van der Waals surface area contributed by atoms with Gasteiger partial charge in [0.15, 0.2) is 5.78 Å². The molecule has 1 aromatic rings. The number of rotatable bonds is 4. The summed E-state index contributed by atoms with van der Waals surface area (Å²) in [4.78, 5) is 11.3. The molecule has 0 aromatic heterocycles. The Labute approximate surface area is 82.7 Å². The molecule has 76 valence electrons. The zero-order valence-electron chi connectivity index (χ0n) is 8.34. The maximum Gasteiger partial charge on any atom is 0.165 e. The van der Waals surface area contributed by atoms with Gasteiger partial charge >= 0.3 is 0 Å². The summed E-state index contributed by atoms with van der Waals surface area (Å²) in [6.45, 7) is 4.05. The maximum absolute atomic E-state index is 13.2. The molecule has 0 atom stereocenters. The van der Waals surface area contributed by atoms with Gasteiger partial charge in [-0.05, 0) is 25.1 Å². The number of carbonyl (C=O) groups excluding carboxylic acids is 1. The largest absolute Gasteiger partial charge is 0.494 e. The second-order valence-electron chi connectivity index (χ2n) is 2.85. The third-order valence-corrected chi connectivity index (χ3v) is 1.87. The van der Waals surface area contributed by atoms with Crippen molar-refractivity contribution < 1.29 is 13.9 Å². The van der Waals surface area contributed by atoms with Crippen LogP contribution in [-0.4, -0.2) is 12.4 Å². The minimum Gasteiger partial charge on any atom is -0.494 e. The Morgan fingerprint density at radius 2 is 2.14 bits per heavy atom. The molecule has 0 heterocycles. The van der Waals surface area contributed by atoms with E-state index >= 15 is 0 Å². The van der Waals surface area contributed by atoms with Crippen molar-refractivity contribution in [3.8, 4) is 5.75 Å². The lowest BCUT2D eigenvalue weighted by Crippen LogP contribution is -2.02. The van der Waals surface area contributed by atoms with Gasteiger partial charge in [0, 0.05) is 6.42 Å². The maximum atomic E-state index is 13.2. The fraction of sp³-hybridized carbons (Fsp3) is 0.364. The highest BCUT2D eigenvalue weighted by atomic mass is 19.1. The van der Waals surface area contributed by atoms with Crippen LogP contribution in [0, 0.1) is 5.82 Å². The summed E-state index contributed by atoms with van der Waals surface area (Å²) in [5.74, 6) is -0.157. The van der Waals surface area contributed by atoms with Crippen LogP contribution in [0.15, 0.2) is 18.2 Å². The first-order chi connectivity index (χ1) is 6.69. The number of carbonyl (C=O) groups is 1. The number of benzene rings is 1. The summed E-state index contributed by atoms with van der Waals surface area (Å²) in [7, 11) is 0. The first-order valence-corrected chi connectivity index (χ1v) is 4.64. The summed E-state index contributed by atoms with van der Waals surface area (Å²) in [5, 5.41) is 0. The molecule has 0 saturated carbocycles. The molecule has 0 aliphatic heterocycles. The van der Waals surface area contributed by atoms with Gasteiger partial charge in [0.2, 0.25) is 0 Å². The molecule has 0 N–H and O–H groups in total. The van der Waals surface area contributed by atoms with Gasteiger partial charge in [0.25, 0.3) is 0 Å². The summed E-state index contributed by atoms with van der Waals surface area (Å²) in [5.41, 5.74) is 0.110.